The van der Waals surface area contributed by atoms with Gasteiger partial charge in [-0.25, -0.2) is 0 Å². The molecule has 9 heteroatoms. The number of hydrogen-bond acceptors (Lipinski definition) is 7. The minimum atomic E-state index is -0.419. The van der Waals surface area contributed by atoms with Gasteiger partial charge in [0, 0.05) is 26.1 Å². The number of amides is 2. The largest absolute Gasteiger partial charge is 0.392 e. The fourth-order valence-electron chi connectivity index (χ4n) is 2.84. The number of aliphatic hydroxyl groups excluding tert-OH is 1. The molecular weight excluding hydrogens is 368 g/mol. The van der Waals surface area contributed by atoms with E-state index in [1.807, 2.05) is 31.2 Å². The molecule has 1 aromatic carbocycles. The van der Waals surface area contributed by atoms with Crippen LogP contribution in [0.2, 0.25) is 0 Å². The number of hydrogen-bond donors (Lipinski definition) is 2. The molecule has 2 aromatic rings. The molecule has 1 fully saturated rings. The standard InChI is InChI=1S/C18H22N4O4S/c1-2-26-11-15-20-21-18(27-15)22-9-14(7-16(22)24)17(25)19-8-12-4-3-5-13(6-12)10-23/h3-6,14,23H,2,7-11H2,1H3,(H,19,25). The Kier molecular flexibility index (Phi) is 6.49. The van der Waals surface area contributed by atoms with Crippen LogP contribution in [0.15, 0.2) is 24.3 Å². The fourth-order valence-corrected chi connectivity index (χ4v) is 3.64. The van der Waals surface area contributed by atoms with Crippen LogP contribution in [0.4, 0.5) is 5.13 Å². The van der Waals surface area contributed by atoms with E-state index in [1.54, 1.807) is 0 Å². The van der Waals surface area contributed by atoms with Gasteiger partial charge in [-0.3, -0.25) is 14.5 Å². The van der Waals surface area contributed by atoms with Crippen molar-refractivity contribution in [2.24, 2.45) is 5.92 Å². The summed E-state index contributed by atoms with van der Waals surface area (Å²) < 4.78 is 5.30. The number of aromatic nitrogens is 2. The number of rotatable bonds is 8. The van der Waals surface area contributed by atoms with Gasteiger partial charge in [0.2, 0.25) is 16.9 Å². The van der Waals surface area contributed by atoms with Crippen LogP contribution in [0.25, 0.3) is 0 Å². The molecule has 3 rings (SSSR count). The molecule has 0 aliphatic carbocycles. The predicted molar refractivity (Wildman–Crippen MR) is 99.9 cm³/mol. The summed E-state index contributed by atoms with van der Waals surface area (Å²) in [7, 11) is 0. The highest BCUT2D eigenvalue weighted by Gasteiger charge is 2.36. The Morgan fingerprint density at radius 1 is 1.41 bits per heavy atom. The van der Waals surface area contributed by atoms with Crippen LogP contribution in [0.5, 0.6) is 0 Å². The third-order valence-corrected chi connectivity index (χ3v) is 5.17. The van der Waals surface area contributed by atoms with E-state index in [0.29, 0.717) is 36.4 Å². The first-order valence-corrected chi connectivity index (χ1v) is 9.59. The third kappa shape index (κ3) is 4.88. The molecule has 0 bridgehead atoms. The SMILES string of the molecule is CCOCc1nnc(N2CC(C(=O)NCc3cccc(CO)c3)CC2=O)s1. The topological polar surface area (TPSA) is 105 Å². The van der Waals surface area contributed by atoms with E-state index in [2.05, 4.69) is 15.5 Å². The Morgan fingerprint density at radius 2 is 2.22 bits per heavy atom. The highest BCUT2D eigenvalue weighted by atomic mass is 32.1. The van der Waals surface area contributed by atoms with Crippen LogP contribution in [0, 0.1) is 5.92 Å². The van der Waals surface area contributed by atoms with Gasteiger partial charge in [-0.15, -0.1) is 10.2 Å². The number of anilines is 1. The zero-order valence-electron chi connectivity index (χ0n) is 15.1. The summed E-state index contributed by atoms with van der Waals surface area (Å²) in [6.07, 6.45) is 0.156. The Morgan fingerprint density at radius 3 is 3.00 bits per heavy atom. The van der Waals surface area contributed by atoms with Crippen LogP contribution >= 0.6 is 11.3 Å². The molecule has 144 valence electrons. The number of nitrogens with zero attached hydrogens (tertiary/aromatic N) is 3. The van der Waals surface area contributed by atoms with E-state index < -0.39 is 5.92 Å². The van der Waals surface area contributed by atoms with E-state index in [4.69, 9.17) is 4.74 Å². The summed E-state index contributed by atoms with van der Waals surface area (Å²) in [4.78, 5) is 26.3. The van der Waals surface area contributed by atoms with Crippen molar-refractivity contribution in [1.82, 2.24) is 15.5 Å². The van der Waals surface area contributed by atoms with Crippen LogP contribution in [-0.2, 0) is 34.1 Å². The first-order valence-electron chi connectivity index (χ1n) is 8.77. The van der Waals surface area contributed by atoms with Crippen molar-refractivity contribution < 1.29 is 19.4 Å². The highest BCUT2D eigenvalue weighted by Crippen LogP contribution is 2.28. The molecule has 27 heavy (non-hydrogen) atoms. The molecular formula is C18H22N4O4S. The molecule has 1 aliphatic rings. The lowest BCUT2D eigenvalue weighted by Crippen LogP contribution is -2.32. The molecule has 1 saturated heterocycles. The minimum absolute atomic E-state index is 0.0407. The van der Waals surface area contributed by atoms with E-state index in [1.165, 1.54) is 16.2 Å². The Bertz CT molecular complexity index is 810. The summed E-state index contributed by atoms with van der Waals surface area (Å²) in [6, 6.07) is 7.38. The van der Waals surface area contributed by atoms with Gasteiger partial charge in [0.25, 0.3) is 0 Å². The molecule has 8 nitrogen and oxygen atoms in total. The number of ether oxygens (including phenoxy) is 1. The van der Waals surface area contributed by atoms with Gasteiger partial charge in [0.1, 0.15) is 11.6 Å². The second-order valence-electron chi connectivity index (χ2n) is 6.22. The van der Waals surface area contributed by atoms with Gasteiger partial charge in [-0.2, -0.15) is 0 Å². The van der Waals surface area contributed by atoms with Gasteiger partial charge in [0.05, 0.1) is 12.5 Å². The molecule has 2 amide bonds. The van der Waals surface area contributed by atoms with Gasteiger partial charge in [0.15, 0.2) is 0 Å². The monoisotopic (exact) mass is 390 g/mol. The average molecular weight is 390 g/mol. The molecule has 1 unspecified atom stereocenters. The first kappa shape index (κ1) is 19.4. The lowest BCUT2D eigenvalue weighted by Gasteiger charge is -2.13. The summed E-state index contributed by atoms with van der Waals surface area (Å²) in [5.74, 6) is -0.714. The molecule has 0 radical (unpaired) electrons. The van der Waals surface area contributed by atoms with Crippen molar-refractivity contribution in [3.8, 4) is 0 Å². The average Bonchev–Trinajstić information content (AvgIpc) is 3.31. The number of nitrogens with one attached hydrogen (secondary N) is 1. The van der Waals surface area contributed by atoms with Crippen molar-refractivity contribution in [2.45, 2.75) is 33.1 Å². The first-order chi connectivity index (χ1) is 13.1. The van der Waals surface area contributed by atoms with E-state index in [-0.39, 0.29) is 24.8 Å². The zero-order chi connectivity index (χ0) is 19.2. The normalized spacial score (nSPS) is 16.7. The summed E-state index contributed by atoms with van der Waals surface area (Å²) in [6.45, 7) is 3.46. The minimum Gasteiger partial charge on any atom is -0.392 e. The van der Waals surface area contributed by atoms with Crippen LogP contribution in [0.1, 0.15) is 29.5 Å². The van der Waals surface area contributed by atoms with Gasteiger partial charge < -0.3 is 15.2 Å². The van der Waals surface area contributed by atoms with Crippen molar-refractivity contribution in [3.05, 3.63) is 40.4 Å². The van der Waals surface area contributed by atoms with Gasteiger partial charge in [-0.05, 0) is 18.1 Å². The molecule has 1 aliphatic heterocycles. The third-order valence-electron chi connectivity index (χ3n) is 4.25. The van der Waals surface area contributed by atoms with Crippen LogP contribution < -0.4 is 10.2 Å². The number of carbonyl (C=O) groups is 2. The van der Waals surface area contributed by atoms with Crippen molar-refractivity contribution in [2.75, 3.05) is 18.1 Å². The lowest BCUT2D eigenvalue weighted by atomic mass is 10.1. The van der Waals surface area contributed by atoms with Gasteiger partial charge >= 0.3 is 0 Å². The zero-order valence-corrected chi connectivity index (χ0v) is 15.9. The van der Waals surface area contributed by atoms with Crippen LogP contribution in [0.3, 0.4) is 0 Å². The molecule has 0 saturated carbocycles. The maximum absolute atomic E-state index is 12.5. The molecule has 1 atom stereocenters. The van der Waals surface area contributed by atoms with Crippen LogP contribution in [-0.4, -0.2) is 40.3 Å². The Balaban J connectivity index is 1.56. The number of benzene rings is 1. The number of carbonyl (C=O) groups excluding carboxylic acids is 2. The molecule has 2 heterocycles. The van der Waals surface area contributed by atoms with E-state index in [0.717, 1.165) is 11.1 Å². The maximum Gasteiger partial charge on any atom is 0.229 e. The Labute approximate surface area is 161 Å². The second kappa shape index (κ2) is 9.03. The highest BCUT2D eigenvalue weighted by molar-refractivity contribution is 7.15. The lowest BCUT2D eigenvalue weighted by molar-refractivity contribution is -0.126. The number of aliphatic hydroxyl groups is 1. The second-order valence-corrected chi connectivity index (χ2v) is 7.26. The summed E-state index contributed by atoms with van der Waals surface area (Å²) in [5.41, 5.74) is 1.70. The smallest absolute Gasteiger partial charge is 0.229 e. The summed E-state index contributed by atoms with van der Waals surface area (Å²) >= 11 is 1.30. The fraction of sp³-hybridized carbons (Fsp3) is 0.444. The molecule has 1 aromatic heterocycles. The molecule has 0 spiro atoms. The van der Waals surface area contributed by atoms with E-state index >= 15 is 0 Å². The van der Waals surface area contributed by atoms with Gasteiger partial charge in [-0.1, -0.05) is 35.6 Å². The van der Waals surface area contributed by atoms with Crippen molar-refractivity contribution in [3.63, 3.8) is 0 Å². The van der Waals surface area contributed by atoms with E-state index in [9.17, 15) is 14.7 Å². The predicted octanol–water partition coefficient (Wildman–Crippen LogP) is 1.24. The van der Waals surface area contributed by atoms with Crippen molar-refractivity contribution >= 4 is 28.3 Å². The summed E-state index contributed by atoms with van der Waals surface area (Å²) in [5, 5.41) is 21.3. The Hall–Kier alpha value is -2.36. The quantitative estimate of drug-likeness (QED) is 0.703. The molecule has 2 N–H and O–H groups in total. The maximum atomic E-state index is 12.5. The van der Waals surface area contributed by atoms with Crippen molar-refractivity contribution in [1.29, 1.82) is 0 Å².